The van der Waals surface area contributed by atoms with Gasteiger partial charge in [-0.1, -0.05) is 6.58 Å². The van der Waals surface area contributed by atoms with Crippen LogP contribution in [-0.2, 0) is 9.47 Å². The van der Waals surface area contributed by atoms with Gasteiger partial charge in [0.25, 0.3) is 0 Å². The van der Waals surface area contributed by atoms with Gasteiger partial charge in [-0.3, -0.25) is 0 Å². The number of aliphatic imine (C=N–C) groups is 1. The van der Waals surface area contributed by atoms with Gasteiger partial charge in [0.2, 0.25) is 0 Å². The molecule has 1 unspecified atom stereocenters. The summed E-state index contributed by atoms with van der Waals surface area (Å²) in [4.78, 5) is 5.62. The lowest BCUT2D eigenvalue weighted by molar-refractivity contribution is -0.0590. The second-order valence-corrected chi connectivity index (χ2v) is 10.8. The van der Waals surface area contributed by atoms with Crippen LogP contribution in [0.15, 0.2) is 29.4 Å². The summed E-state index contributed by atoms with van der Waals surface area (Å²) in [5, 5.41) is 20.6. The van der Waals surface area contributed by atoms with Crippen molar-refractivity contribution in [1.29, 1.82) is 0 Å². The maximum Gasteiger partial charge on any atom is 0.177 e. The third kappa shape index (κ3) is 3.98. The Bertz CT molecular complexity index is 583. The van der Waals surface area contributed by atoms with Crippen molar-refractivity contribution in [3.8, 4) is 0 Å². The summed E-state index contributed by atoms with van der Waals surface area (Å²) in [5.41, 5.74) is 5.74. The van der Waals surface area contributed by atoms with Crippen molar-refractivity contribution in [2.45, 2.75) is 31.0 Å². The second-order valence-electron chi connectivity index (χ2n) is 6.51. The van der Waals surface area contributed by atoms with E-state index in [-0.39, 0.29) is 5.84 Å². The predicted octanol–water partition coefficient (Wildman–Crippen LogP) is 0.164. The molecular formula is C15H26N3O4P. The van der Waals surface area contributed by atoms with Gasteiger partial charge in [-0.25, -0.2) is 4.99 Å². The van der Waals surface area contributed by atoms with Gasteiger partial charge < -0.3 is 30.3 Å². The third-order valence-corrected chi connectivity index (χ3v) is 5.38. The van der Waals surface area contributed by atoms with Crippen molar-refractivity contribution >= 4 is 19.0 Å². The number of nitrogens with two attached hydrogens (primary N) is 1. The first-order valence-corrected chi connectivity index (χ1v) is 10.5. The van der Waals surface area contributed by atoms with E-state index < -0.39 is 31.4 Å². The van der Waals surface area contributed by atoms with Crippen LogP contribution in [0.2, 0.25) is 0 Å². The highest BCUT2D eigenvalue weighted by molar-refractivity contribution is 7.72. The van der Waals surface area contributed by atoms with Gasteiger partial charge in [-0.15, -0.1) is 13.2 Å². The van der Waals surface area contributed by atoms with Gasteiger partial charge in [0.1, 0.15) is 18.0 Å². The van der Waals surface area contributed by atoms with Crippen LogP contribution in [0.25, 0.3) is 0 Å². The number of aliphatic hydroxyl groups excluding tert-OH is 2. The molecule has 0 aromatic rings. The standard InChI is InChI=1S/C15H26N3O4P/c1-9-17-14(16)11(21-2)8-18(9)15-13(20)12(19)10(22-15)6-7-23(3,4)5/h8,10,12-13,15,19-20H,1,3,6-7H2,2,4-5H3,(H2,16,17)/t10-,12-,13-,15?/m1/s1. The van der Waals surface area contributed by atoms with Crippen LogP contribution < -0.4 is 5.73 Å². The summed E-state index contributed by atoms with van der Waals surface area (Å²) in [6.07, 6.45) is 3.97. The van der Waals surface area contributed by atoms with E-state index >= 15 is 0 Å². The molecule has 23 heavy (non-hydrogen) atoms. The van der Waals surface area contributed by atoms with Crippen LogP contribution in [0.1, 0.15) is 6.42 Å². The molecule has 2 heterocycles. The first kappa shape index (κ1) is 18.1. The van der Waals surface area contributed by atoms with E-state index in [9.17, 15) is 10.2 Å². The van der Waals surface area contributed by atoms with Crippen LogP contribution >= 0.6 is 6.89 Å². The molecule has 2 aliphatic heterocycles. The lowest BCUT2D eigenvalue weighted by Gasteiger charge is -2.31. The molecule has 0 amide bonds. The van der Waals surface area contributed by atoms with E-state index in [1.54, 1.807) is 6.20 Å². The molecule has 8 heteroatoms. The summed E-state index contributed by atoms with van der Waals surface area (Å²) >= 11 is 0. The number of amidine groups is 1. The van der Waals surface area contributed by atoms with E-state index in [0.29, 0.717) is 18.0 Å². The van der Waals surface area contributed by atoms with Crippen LogP contribution in [0, 0.1) is 0 Å². The van der Waals surface area contributed by atoms with Gasteiger partial charge in [0.15, 0.2) is 17.8 Å². The molecule has 4 atom stereocenters. The van der Waals surface area contributed by atoms with E-state index in [1.165, 1.54) is 12.0 Å². The molecule has 0 bridgehead atoms. The maximum absolute atomic E-state index is 10.3. The number of hydrogen-bond donors (Lipinski definition) is 3. The molecule has 4 N–H and O–H groups in total. The minimum atomic E-state index is -1.23. The largest absolute Gasteiger partial charge is 0.491 e. The number of hydrogen-bond acceptors (Lipinski definition) is 7. The van der Waals surface area contributed by atoms with E-state index in [0.717, 1.165) is 6.16 Å². The highest BCUT2D eigenvalue weighted by Gasteiger charge is 2.46. The van der Waals surface area contributed by atoms with E-state index in [4.69, 9.17) is 15.2 Å². The molecule has 0 radical (unpaired) electrons. The van der Waals surface area contributed by atoms with Crippen molar-refractivity contribution in [1.82, 2.24) is 4.90 Å². The first-order valence-electron chi connectivity index (χ1n) is 7.40. The quantitative estimate of drug-likeness (QED) is 0.615. The van der Waals surface area contributed by atoms with E-state index in [2.05, 4.69) is 31.2 Å². The molecule has 1 saturated heterocycles. The Morgan fingerprint density at radius 3 is 2.65 bits per heavy atom. The summed E-state index contributed by atoms with van der Waals surface area (Å²) in [6.45, 7) is 6.83. The molecule has 2 rings (SSSR count). The van der Waals surface area contributed by atoms with Crippen molar-refractivity contribution in [3.63, 3.8) is 0 Å². The molecule has 0 aromatic carbocycles. The van der Waals surface area contributed by atoms with Gasteiger partial charge in [0.05, 0.1) is 19.4 Å². The Hall–Kier alpha value is -1.27. The molecule has 0 aliphatic carbocycles. The fourth-order valence-electron chi connectivity index (χ4n) is 2.57. The fourth-order valence-corrected chi connectivity index (χ4v) is 3.52. The SMILES string of the molecule is C=C1N=C(N)C(OC)=CN1C1O[C@H](CCP(=C)(C)C)[C@@H](O)[C@H]1O. The van der Waals surface area contributed by atoms with Gasteiger partial charge in [-0.05, 0) is 25.9 Å². The minimum absolute atomic E-state index is 0.210. The smallest absolute Gasteiger partial charge is 0.177 e. The zero-order valence-electron chi connectivity index (χ0n) is 13.8. The molecular weight excluding hydrogens is 317 g/mol. The number of aliphatic hydroxyl groups is 2. The third-order valence-electron chi connectivity index (χ3n) is 3.91. The van der Waals surface area contributed by atoms with Gasteiger partial charge >= 0.3 is 0 Å². The molecule has 2 aliphatic rings. The fraction of sp³-hybridized carbons (Fsp3) is 0.600. The van der Waals surface area contributed by atoms with Crippen molar-refractivity contribution in [2.24, 2.45) is 10.7 Å². The van der Waals surface area contributed by atoms with E-state index in [1.807, 2.05) is 0 Å². The van der Waals surface area contributed by atoms with Crippen molar-refractivity contribution in [2.75, 3.05) is 26.6 Å². The maximum atomic E-state index is 10.3. The molecule has 130 valence electrons. The predicted molar refractivity (Wildman–Crippen MR) is 93.7 cm³/mol. The van der Waals surface area contributed by atoms with Crippen molar-refractivity contribution < 1.29 is 19.7 Å². The topological polar surface area (TPSA) is 101 Å². The van der Waals surface area contributed by atoms with Crippen molar-refractivity contribution in [3.05, 3.63) is 24.4 Å². The summed E-state index contributed by atoms with van der Waals surface area (Å²) in [6, 6.07) is 0. The molecule has 0 spiro atoms. The highest BCUT2D eigenvalue weighted by Crippen LogP contribution is 2.38. The van der Waals surface area contributed by atoms with Crippen LogP contribution in [0.4, 0.5) is 0 Å². The molecule has 0 saturated carbocycles. The van der Waals surface area contributed by atoms with Gasteiger partial charge in [-0.2, -0.15) is 0 Å². The van der Waals surface area contributed by atoms with Crippen LogP contribution in [-0.4, -0.2) is 78.4 Å². The molecule has 7 nitrogen and oxygen atoms in total. The second kappa shape index (κ2) is 6.69. The number of methoxy groups -OCH3 is 1. The zero-order valence-corrected chi connectivity index (χ0v) is 14.7. The highest BCUT2D eigenvalue weighted by atomic mass is 31.2. The summed E-state index contributed by atoms with van der Waals surface area (Å²) in [5.74, 6) is 0.892. The molecule has 0 aromatic heterocycles. The number of rotatable bonds is 5. The monoisotopic (exact) mass is 343 g/mol. The Labute approximate surface area is 137 Å². The van der Waals surface area contributed by atoms with Crippen LogP contribution in [0.3, 0.4) is 0 Å². The lowest BCUT2D eigenvalue weighted by atomic mass is 10.1. The Kier molecular flexibility index (Phi) is 5.26. The zero-order chi connectivity index (χ0) is 17.4. The average molecular weight is 343 g/mol. The molecule has 1 fully saturated rings. The summed E-state index contributed by atoms with van der Waals surface area (Å²) in [7, 11) is 1.48. The Morgan fingerprint density at radius 2 is 2.09 bits per heavy atom. The van der Waals surface area contributed by atoms with Crippen LogP contribution in [0.5, 0.6) is 0 Å². The summed E-state index contributed by atoms with van der Waals surface area (Å²) < 4.78 is 11.0. The Morgan fingerprint density at radius 1 is 1.43 bits per heavy atom. The normalized spacial score (nSPS) is 31.9. The average Bonchev–Trinajstić information content (AvgIpc) is 2.73. The van der Waals surface area contributed by atoms with Gasteiger partial charge in [0, 0.05) is 0 Å². The Balaban J connectivity index is 2.13. The first-order chi connectivity index (χ1) is 10.6. The lowest BCUT2D eigenvalue weighted by Crippen LogP contribution is -2.42. The number of ether oxygens (including phenoxy) is 2. The minimum Gasteiger partial charge on any atom is -0.491 e. The number of nitrogens with zero attached hydrogens (tertiary/aromatic N) is 2.